The third-order valence-corrected chi connectivity index (χ3v) is 3.39. The molecule has 1 N–H and O–H groups in total. The fourth-order valence-corrected chi connectivity index (χ4v) is 2.17. The third-order valence-electron chi connectivity index (χ3n) is 2.11. The van der Waals surface area contributed by atoms with Crippen molar-refractivity contribution in [3.05, 3.63) is 33.9 Å². The van der Waals surface area contributed by atoms with Gasteiger partial charge in [0.1, 0.15) is 5.01 Å². The Morgan fingerprint density at radius 2 is 2.18 bits per heavy atom. The lowest BCUT2D eigenvalue weighted by Crippen LogP contribution is -2.29. The molecule has 0 saturated carbocycles. The zero-order valence-electron chi connectivity index (χ0n) is 9.24. The predicted octanol–water partition coefficient (Wildman–Crippen LogP) is 3.07. The van der Waals surface area contributed by atoms with Gasteiger partial charge in [0.15, 0.2) is 11.6 Å². The van der Waals surface area contributed by atoms with Crippen LogP contribution >= 0.6 is 22.9 Å². The second-order valence-corrected chi connectivity index (χ2v) is 5.16. The Balaban J connectivity index is 2.29. The molecule has 2 aromatic rings. The van der Waals surface area contributed by atoms with Gasteiger partial charge in [0, 0.05) is 11.6 Å². The summed E-state index contributed by atoms with van der Waals surface area (Å²) < 4.78 is 13.5. The maximum atomic E-state index is 13.5. The second-order valence-electron chi connectivity index (χ2n) is 3.92. The van der Waals surface area contributed by atoms with E-state index in [2.05, 4.69) is 20.3 Å². The maximum Gasteiger partial charge on any atom is 0.224 e. The monoisotopic (exact) mass is 272 g/mol. The molecule has 0 aromatic carbocycles. The highest BCUT2D eigenvalue weighted by Crippen LogP contribution is 2.27. The molecule has 0 unspecified atom stereocenters. The summed E-state index contributed by atoms with van der Waals surface area (Å²) in [5, 5.41) is 5.67. The second kappa shape index (κ2) is 4.54. The molecular weight excluding hydrogens is 263 g/mol. The van der Waals surface area contributed by atoms with Crippen LogP contribution in [0.5, 0.6) is 0 Å². The van der Waals surface area contributed by atoms with Gasteiger partial charge in [-0.25, -0.2) is 14.4 Å². The minimum atomic E-state index is -0.543. The molecule has 2 heterocycles. The van der Waals surface area contributed by atoms with Gasteiger partial charge < -0.3 is 5.32 Å². The van der Waals surface area contributed by atoms with E-state index in [9.17, 15) is 4.39 Å². The molecule has 2 rings (SSSR count). The summed E-state index contributed by atoms with van der Waals surface area (Å²) in [7, 11) is 0. The quantitative estimate of drug-likeness (QED) is 0.873. The van der Waals surface area contributed by atoms with E-state index in [4.69, 9.17) is 11.6 Å². The summed E-state index contributed by atoms with van der Waals surface area (Å²) in [6.45, 7) is 3.78. The topological polar surface area (TPSA) is 50.7 Å². The van der Waals surface area contributed by atoms with Crippen LogP contribution in [0.3, 0.4) is 0 Å². The van der Waals surface area contributed by atoms with Gasteiger partial charge in [0.05, 0.1) is 11.7 Å². The summed E-state index contributed by atoms with van der Waals surface area (Å²) in [6.07, 6.45) is 2.74. The largest absolute Gasteiger partial charge is 0.356 e. The number of halogens is 2. The summed E-state index contributed by atoms with van der Waals surface area (Å²) in [5.41, 5.74) is -0.521. The van der Waals surface area contributed by atoms with Crippen LogP contribution < -0.4 is 5.32 Å². The number of thiazole rings is 1. The van der Waals surface area contributed by atoms with Crippen molar-refractivity contribution in [1.29, 1.82) is 0 Å². The van der Waals surface area contributed by atoms with Gasteiger partial charge in [-0.3, -0.25) is 0 Å². The molecule has 90 valence electrons. The van der Waals surface area contributed by atoms with Crippen LogP contribution in [-0.2, 0) is 5.54 Å². The van der Waals surface area contributed by atoms with Crippen molar-refractivity contribution in [1.82, 2.24) is 15.0 Å². The Morgan fingerprint density at radius 1 is 1.41 bits per heavy atom. The lowest BCUT2D eigenvalue weighted by Gasteiger charge is -2.24. The normalized spacial score (nSPS) is 11.5. The summed E-state index contributed by atoms with van der Waals surface area (Å²) in [6, 6.07) is 0. The number of aromatic nitrogens is 3. The van der Waals surface area contributed by atoms with E-state index >= 15 is 0 Å². The van der Waals surface area contributed by atoms with Crippen molar-refractivity contribution in [3.8, 4) is 0 Å². The average molecular weight is 273 g/mol. The number of nitrogens with one attached hydrogen (secondary N) is 1. The van der Waals surface area contributed by atoms with E-state index in [-0.39, 0.29) is 11.1 Å². The Bertz CT molecular complexity index is 515. The molecule has 0 atom stereocenters. The van der Waals surface area contributed by atoms with E-state index in [1.165, 1.54) is 11.3 Å². The van der Waals surface area contributed by atoms with Crippen molar-refractivity contribution < 1.29 is 4.39 Å². The molecule has 0 radical (unpaired) electrons. The maximum absolute atomic E-state index is 13.5. The molecule has 0 spiro atoms. The van der Waals surface area contributed by atoms with Gasteiger partial charge in [-0.1, -0.05) is 0 Å². The average Bonchev–Trinajstić information content (AvgIpc) is 2.77. The Kier molecular flexibility index (Phi) is 3.26. The molecule has 2 aromatic heterocycles. The SMILES string of the molecule is CC(C)(Nc1nc(Cl)ncc1F)c1nccs1. The summed E-state index contributed by atoms with van der Waals surface area (Å²) >= 11 is 7.12. The smallest absolute Gasteiger partial charge is 0.224 e. The standard InChI is InChI=1S/C10H10ClFN4S/c1-10(2,8-13-3-4-17-8)16-7-6(12)5-14-9(11)15-7/h3-5H,1-2H3,(H,14,15,16). The van der Waals surface area contributed by atoms with E-state index in [0.29, 0.717) is 0 Å². The first kappa shape index (κ1) is 12.2. The minimum absolute atomic E-state index is 0.00355. The molecule has 0 aliphatic heterocycles. The summed E-state index contributed by atoms with van der Waals surface area (Å²) in [4.78, 5) is 11.6. The van der Waals surface area contributed by atoms with E-state index < -0.39 is 11.4 Å². The molecule has 0 saturated heterocycles. The Morgan fingerprint density at radius 3 is 2.82 bits per heavy atom. The number of anilines is 1. The lowest BCUT2D eigenvalue weighted by molar-refractivity contribution is 0.571. The first-order valence-corrected chi connectivity index (χ1v) is 6.11. The third kappa shape index (κ3) is 2.70. The van der Waals surface area contributed by atoms with Gasteiger partial charge in [-0.2, -0.15) is 4.98 Å². The molecule has 0 aliphatic rings. The van der Waals surface area contributed by atoms with Crippen molar-refractivity contribution >= 4 is 28.8 Å². The van der Waals surface area contributed by atoms with Crippen LogP contribution in [0.1, 0.15) is 18.9 Å². The zero-order chi connectivity index (χ0) is 12.5. The van der Waals surface area contributed by atoms with Gasteiger partial charge in [-0.05, 0) is 25.4 Å². The van der Waals surface area contributed by atoms with E-state index in [0.717, 1.165) is 11.2 Å². The van der Waals surface area contributed by atoms with Crippen molar-refractivity contribution in [2.45, 2.75) is 19.4 Å². The number of hydrogen-bond donors (Lipinski definition) is 1. The highest BCUT2D eigenvalue weighted by molar-refractivity contribution is 7.09. The lowest BCUT2D eigenvalue weighted by atomic mass is 10.1. The number of rotatable bonds is 3. The molecule has 17 heavy (non-hydrogen) atoms. The highest BCUT2D eigenvalue weighted by atomic mass is 35.5. The molecule has 7 heteroatoms. The van der Waals surface area contributed by atoms with Crippen LogP contribution in [-0.4, -0.2) is 15.0 Å². The molecular formula is C10H10ClFN4S. The zero-order valence-corrected chi connectivity index (χ0v) is 10.8. The molecule has 0 fully saturated rings. The fraction of sp³-hybridized carbons (Fsp3) is 0.300. The first-order valence-electron chi connectivity index (χ1n) is 4.85. The van der Waals surface area contributed by atoms with Gasteiger partial charge in [0.2, 0.25) is 5.28 Å². The number of nitrogens with zero attached hydrogens (tertiary/aromatic N) is 3. The molecule has 0 bridgehead atoms. The van der Waals surface area contributed by atoms with Crippen LogP contribution in [0.4, 0.5) is 10.2 Å². The van der Waals surface area contributed by atoms with E-state index in [1.807, 2.05) is 19.2 Å². The van der Waals surface area contributed by atoms with Crippen LogP contribution in [0.25, 0.3) is 0 Å². The van der Waals surface area contributed by atoms with Gasteiger partial charge >= 0.3 is 0 Å². The van der Waals surface area contributed by atoms with Crippen LogP contribution in [0, 0.1) is 5.82 Å². The Labute approximate surface area is 107 Å². The fourth-order valence-electron chi connectivity index (χ4n) is 1.31. The van der Waals surface area contributed by atoms with Crippen molar-refractivity contribution in [3.63, 3.8) is 0 Å². The molecule has 0 aliphatic carbocycles. The summed E-state index contributed by atoms with van der Waals surface area (Å²) in [5.74, 6) is -0.468. The van der Waals surface area contributed by atoms with Gasteiger partial charge in [0.25, 0.3) is 0 Å². The van der Waals surface area contributed by atoms with Crippen LogP contribution in [0.15, 0.2) is 17.8 Å². The predicted molar refractivity (Wildman–Crippen MR) is 65.8 cm³/mol. The molecule has 4 nitrogen and oxygen atoms in total. The number of hydrogen-bond acceptors (Lipinski definition) is 5. The first-order chi connectivity index (χ1) is 7.99. The van der Waals surface area contributed by atoms with E-state index in [1.54, 1.807) is 6.20 Å². The van der Waals surface area contributed by atoms with Crippen molar-refractivity contribution in [2.75, 3.05) is 5.32 Å². The Hall–Kier alpha value is -1.27. The van der Waals surface area contributed by atoms with Crippen molar-refractivity contribution in [2.24, 2.45) is 0 Å². The highest BCUT2D eigenvalue weighted by Gasteiger charge is 2.25. The minimum Gasteiger partial charge on any atom is -0.356 e. The molecule has 0 amide bonds. The van der Waals surface area contributed by atoms with Crippen LogP contribution in [0.2, 0.25) is 5.28 Å². The van der Waals surface area contributed by atoms with Gasteiger partial charge in [-0.15, -0.1) is 11.3 Å².